The number of ether oxygens (including phenoxy) is 3. The molecule has 0 radical (unpaired) electrons. The summed E-state index contributed by atoms with van der Waals surface area (Å²) in [4.78, 5) is 9.12. The van der Waals surface area contributed by atoms with Gasteiger partial charge in [-0.15, -0.1) is 0 Å². The van der Waals surface area contributed by atoms with Crippen LogP contribution in [0.3, 0.4) is 0 Å². The molecule has 37 heavy (non-hydrogen) atoms. The van der Waals surface area contributed by atoms with Gasteiger partial charge in [0.15, 0.2) is 0 Å². The predicted molar refractivity (Wildman–Crippen MR) is 129 cm³/mol. The highest BCUT2D eigenvalue weighted by atomic mass is 19.4. The van der Waals surface area contributed by atoms with Gasteiger partial charge in [-0.3, -0.25) is 0 Å². The van der Waals surface area contributed by atoms with Crippen LogP contribution in [0.4, 0.5) is 13.2 Å². The molecule has 0 aliphatic carbocycles. The molecule has 0 aliphatic rings. The second kappa shape index (κ2) is 11.0. The second-order valence-corrected chi connectivity index (χ2v) is 7.84. The molecule has 2 heterocycles. The Hall–Kier alpha value is -4.54. The smallest absolute Gasteiger partial charge is 0.417 e. The van der Waals surface area contributed by atoms with E-state index in [0.29, 0.717) is 22.9 Å². The lowest BCUT2D eigenvalue weighted by Crippen LogP contribution is -2.05. The third-order valence-corrected chi connectivity index (χ3v) is 5.19. The molecule has 0 atom stereocenters. The lowest BCUT2D eigenvalue weighted by Gasteiger charge is -2.08. The molecular weight excluding hydrogens is 489 g/mol. The molecule has 0 fully saturated rings. The normalized spacial score (nSPS) is 11.5. The van der Waals surface area contributed by atoms with Crippen molar-refractivity contribution in [3.05, 3.63) is 89.2 Å². The van der Waals surface area contributed by atoms with Crippen LogP contribution in [0, 0.1) is 6.92 Å². The van der Waals surface area contributed by atoms with Gasteiger partial charge in [0.1, 0.15) is 23.9 Å². The minimum Gasteiger partial charge on any atom is -0.497 e. The Balaban J connectivity index is 1.33. The molecule has 4 rings (SSSR count). The largest absolute Gasteiger partial charge is 0.497 e. The fourth-order valence-electron chi connectivity index (χ4n) is 3.26. The summed E-state index contributed by atoms with van der Waals surface area (Å²) in [6.07, 6.45) is -2.18. The van der Waals surface area contributed by atoms with E-state index in [1.54, 1.807) is 67.4 Å². The van der Waals surface area contributed by atoms with Gasteiger partial charge < -0.3 is 19.0 Å². The molecule has 0 saturated heterocycles. The molecular formula is C26H23F3N4O4. The van der Waals surface area contributed by atoms with Gasteiger partial charge in [-0.05, 0) is 55.0 Å². The van der Waals surface area contributed by atoms with Gasteiger partial charge in [0.05, 0.1) is 30.1 Å². The molecule has 0 amide bonds. The van der Waals surface area contributed by atoms with E-state index < -0.39 is 11.7 Å². The fourth-order valence-corrected chi connectivity index (χ4v) is 3.26. The molecule has 0 unspecified atom stereocenters. The van der Waals surface area contributed by atoms with Crippen molar-refractivity contribution in [3.8, 4) is 29.0 Å². The molecule has 8 nitrogen and oxygen atoms in total. The third kappa shape index (κ3) is 6.57. The van der Waals surface area contributed by atoms with Gasteiger partial charge in [0, 0.05) is 19.3 Å². The summed E-state index contributed by atoms with van der Waals surface area (Å²) in [5.41, 5.74) is 1.36. The number of rotatable bonds is 9. The molecule has 192 valence electrons. The van der Waals surface area contributed by atoms with E-state index in [1.165, 1.54) is 12.3 Å². The van der Waals surface area contributed by atoms with E-state index in [4.69, 9.17) is 19.0 Å². The van der Waals surface area contributed by atoms with Crippen molar-refractivity contribution in [3.63, 3.8) is 0 Å². The maximum absolute atomic E-state index is 12.7. The van der Waals surface area contributed by atoms with Crippen LogP contribution >= 0.6 is 0 Å². The van der Waals surface area contributed by atoms with Crippen LogP contribution in [0.5, 0.6) is 29.0 Å². The average molecular weight is 512 g/mol. The number of aromatic nitrogens is 3. The highest BCUT2D eigenvalue weighted by Gasteiger charge is 2.30. The van der Waals surface area contributed by atoms with Crippen molar-refractivity contribution in [2.24, 2.45) is 12.2 Å². The van der Waals surface area contributed by atoms with E-state index in [9.17, 15) is 13.2 Å². The number of alkyl halides is 3. The van der Waals surface area contributed by atoms with Crippen LogP contribution in [-0.4, -0.2) is 28.1 Å². The lowest BCUT2D eigenvalue weighted by molar-refractivity contribution is -0.137. The number of aryl methyl sites for hydroxylation is 2. The Labute approximate surface area is 210 Å². The van der Waals surface area contributed by atoms with Crippen molar-refractivity contribution in [2.75, 3.05) is 7.11 Å². The Morgan fingerprint density at radius 1 is 0.919 bits per heavy atom. The second-order valence-electron chi connectivity index (χ2n) is 7.84. The van der Waals surface area contributed by atoms with Gasteiger partial charge >= 0.3 is 6.18 Å². The minimum absolute atomic E-state index is 0.0566. The van der Waals surface area contributed by atoms with E-state index in [2.05, 4.69) is 15.2 Å². The first-order chi connectivity index (χ1) is 17.7. The average Bonchev–Trinajstić information content (AvgIpc) is 3.14. The zero-order valence-corrected chi connectivity index (χ0v) is 20.2. The summed E-state index contributed by atoms with van der Waals surface area (Å²) in [6, 6.07) is 16.1. The zero-order chi connectivity index (χ0) is 26.4. The molecule has 11 heteroatoms. The topological polar surface area (TPSA) is 80.0 Å². The Morgan fingerprint density at radius 2 is 1.57 bits per heavy atom. The first-order valence-electron chi connectivity index (χ1n) is 11.0. The number of nitrogens with zero attached hydrogens (tertiary/aromatic N) is 4. The van der Waals surface area contributed by atoms with Crippen molar-refractivity contribution < 1.29 is 32.2 Å². The number of oxime groups is 1. The van der Waals surface area contributed by atoms with Gasteiger partial charge in [0.25, 0.3) is 0 Å². The van der Waals surface area contributed by atoms with E-state index in [0.717, 1.165) is 29.3 Å². The zero-order valence-electron chi connectivity index (χ0n) is 20.2. The molecule has 4 aromatic rings. The molecule has 0 aliphatic heterocycles. The summed E-state index contributed by atoms with van der Waals surface area (Å²) in [5.74, 6) is 2.33. The van der Waals surface area contributed by atoms with Gasteiger partial charge in [0.2, 0.25) is 11.8 Å². The van der Waals surface area contributed by atoms with Crippen LogP contribution in [0.15, 0.2) is 72.0 Å². The maximum atomic E-state index is 12.7. The Morgan fingerprint density at radius 3 is 2.19 bits per heavy atom. The van der Waals surface area contributed by atoms with Crippen LogP contribution in [-0.2, 0) is 24.7 Å². The lowest BCUT2D eigenvalue weighted by atomic mass is 10.2. The Bertz CT molecular complexity index is 1350. The first kappa shape index (κ1) is 25.5. The molecule has 0 N–H and O–H groups in total. The number of methoxy groups -OCH3 is 1. The van der Waals surface area contributed by atoms with E-state index in [1.807, 2.05) is 6.92 Å². The Kier molecular flexibility index (Phi) is 7.61. The predicted octanol–water partition coefficient (Wildman–Crippen LogP) is 6.29. The van der Waals surface area contributed by atoms with E-state index in [-0.39, 0.29) is 12.5 Å². The van der Waals surface area contributed by atoms with Crippen molar-refractivity contribution in [1.29, 1.82) is 0 Å². The molecule has 0 bridgehead atoms. The number of pyridine rings is 1. The number of halogens is 3. The van der Waals surface area contributed by atoms with Gasteiger partial charge in [-0.2, -0.15) is 18.3 Å². The van der Waals surface area contributed by atoms with Gasteiger partial charge in [-0.1, -0.05) is 17.3 Å². The summed E-state index contributed by atoms with van der Waals surface area (Å²) in [5, 5.41) is 8.43. The summed E-state index contributed by atoms with van der Waals surface area (Å²) >= 11 is 0. The highest BCUT2D eigenvalue weighted by Crippen LogP contribution is 2.30. The highest BCUT2D eigenvalue weighted by molar-refractivity contribution is 5.84. The summed E-state index contributed by atoms with van der Waals surface area (Å²) in [6.45, 7) is 2.02. The van der Waals surface area contributed by atoms with Crippen LogP contribution in [0.2, 0.25) is 0 Å². The monoisotopic (exact) mass is 512 g/mol. The van der Waals surface area contributed by atoms with Crippen molar-refractivity contribution in [2.45, 2.75) is 19.7 Å². The summed E-state index contributed by atoms with van der Waals surface area (Å²) < 4.78 is 56.2. The quantitative estimate of drug-likeness (QED) is 0.194. The number of hydrogen-bond acceptors (Lipinski definition) is 7. The van der Waals surface area contributed by atoms with Crippen LogP contribution < -0.4 is 14.2 Å². The van der Waals surface area contributed by atoms with Crippen molar-refractivity contribution in [1.82, 2.24) is 14.8 Å². The maximum Gasteiger partial charge on any atom is 0.417 e. The fraction of sp³-hybridized carbons (Fsp3) is 0.192. The molecule has 0 spiro atoms. The summed E-state index contributed by atoms with van der Waals surface area (Å²) in [7, 11) is 3.37. The number of benzene rings is 2. The van der Waals surface area contributed by atoms with E-state index >= 15 is 0 Å². The van der Waals surface area contributed by atoms with Crippen LogP contribution in [0.25, 0.3) is 0 Å². The first-order valence-corrected chi connectivity index (χ1v) is 11.0. The SMILES string of the molecule is COc1ccc(Oc2c(/C=N/OCc3ccc(Oc4ccc(C(F)(F)F)cn4)cc3)c(C)nn2C)cc1. The molecule has 2 aromatic heterocycles. The minimum atomic E-state index is -4.45. The van der Waals surface area contributed by atoms with Crippen molar-refractivity contribution >= 4 is 6.21 Å². The van der Waals surface area contributed by atoms with Crippen LogP contribution in [0.1, 0.15) is 22.4 Å². The molecule has 2 aromatic carbocycles. The van der Waals surface area contributed by atoms with Gasteiger partial charge in [-0.25, -0.2) is 9.67 Å². The molecule has 0 saturated carbocycles. The third-order valence-electron chi connectivity index (χ3n) is 5.19. The standard InChI is InChI=1S/C26H23F3N4O4/c1-17-23(25(33(2)32-17)37-22-11-9-20(34-3)10-12-22)15-31-35-16-18-4-7-21(8-5-18)36-24-13-6-19(14-30-24)26(27,28)29/h4-15H,16H2,1-3H3/b31-15+. The number of hydrogen-bond donors (Lipinski definition) is 0.